The van der Waals surface area contributed by atoms with Gasteiger partial charge in [0.15, 0.2) is 11.6 Å². The topological polar surface area (TPSA) is 124 Å². The summed E-state index contributed by atoms with van der Waals surface area (Å²) in [5.41, 5.74) is 10.2. The molecule has 5 aromatic heterocycles. The molecule has 56 heavy (non-hydrogen) atoms. The van der Waals surface area contributed by atoms with E-state index in [9.17, 15) is 5.26 Å². The number of aromatic nitrogens is 9. The second-order valence-corrected chi connectivity index (χ2v) is 13.9. The molecule has 0 spiro atoms. The normalized spacial score (nSPS) is 11.6. The van der Waals surface area contributed by atoms with Crippen LogP contribution in [-0.4, -0.2) is 44.0 Å². The fourth-order valence-corrected chi connectivity index (χ4v) is 8.04. The number of rotatable bonds is 5. The lowest BCUT2D eigenvalue weighted by atomic mass is 10.0. The predicted molar refractivity (Wildman–Crippen MR) is 220 cm³/mol. The maximum Gasteiger partial charge on any atom is 0.163 e. The van der Waals surface area contributed by atoms with Crippen LogP contribution in [0, 0.1) is 39.0 Å². The molecular weight excluding hydrogens is 693 g/mol. The molecule has 0 fully saturated rings. The van der Waals surface area contributed by atoms with Gasteiger partial charge in [-0.1, -0.05) is 42.5 Å². The molecule has 0 saturated heterocycles. The minimum Gasteiger partial charge on any atom is -0.309 e. The van der Waals surface area contributed by atoms with Crippen molar-refractivity contribution >= 4 is 43.6 Å². The van der Waals surface area contributed by atoms with Crippen LogP contribution in [0.15, 0.2) is 122 Å². The first kappa shape index (κ1) is 33.0. The molecule has 0 saturated carbocycles. The second-order valence-electron chi connectivity index (χ2n) is 13.9. The Morgan fingerprint density at radius 2 is 0.964 bits per heavy atom. The van der Waals surface area contributed by atoms with Crippen molar-refractivity contribution in [2.75, 3.05) is 0 Å². The summed E-state index contributed by atoms with van der Waals surface area (Å²) in [7, 11) is 0. The second kappa shape index (κ2) is 12.7. The van der Waals surface area contributed by atoms with Gasteiger partial charge in [-0.15, -0.1) is 0 Å². The highest BCUT2D eigenvalue weighted by molar-refractivity contribution is 6.12. The lowest BCUT2D eigenvalue weighted by Gasteiger charge is -2.18. The Morgan fingerprint density at radius 3 is 1.50 bits per heavy atom. The summed E-state index contributed by atoms with van der Waals surface area (Å²) < 4.78 is 4.55. The highest BCUT2D eigenvalue weighted by Crippen LogP contribution is 2.42. The molecule has 0 aliphatic rings. The van der Waals surface area contributed by atoms with Gasteiger partial charge in [-0.25, -0.2) is 29.9 Å². The maximum absolute atomic E-state index is 10.2. The van der Waals surface area contributed by atoms with Gasteiger partial charge in [0, 0.05) is 56.2 Å². The molecule has 10 rings (SSSR count). The lowest BCUT2D eigenvalue weighted by molar-refractivity contribution is 0.928. The summed E-state index contributed by atoms with van der Waals surface area (Å²) >= 11 is 0. The van der Waals surface area contributed by atoms with Crippen LogP contribution in [0.25, 0.3) is 88.9 Å². The minimum absolute atomic E-state index is 0.557. The van der Waals surface area contributed by atoms with Crippen LogP contribution in [0.1, 0.15) is 28.9 Å². The van der Waals surface area contributed by atoms with Crippen LogP contribution >= 0.6 is 0 Å². The minimum atomic E-state index is 0.557. The molecule has 0 N–H and O–H groups in total. The molecule has 5 heterocycles. The number of pyridine rings is 1. The van der Waals surface area contributed by atoms with E-state index in [-0.39, 0.29) is 0 Å². The quantitative estimate of drug-likeness (QED) is 0.172. The van der Waals surface area contributed by atoms with Crippen molar-refractivity contribution in [2.24, 2.45) is 0 Å². The highest BCUT2D eigenvalue weighted by Gasteiger charge is 2.22. The van der Waals surface area contributed by atoms with Crippen molar-refractivity contribution in [2.45, 2.75) is 27.7 Å². The zero-order valence-corrected chi connectivity index (χ0v) is 31.0. The van der Waals surface area contributed by atoms with Crippen LogP contribution < -0.4 is 0 Å². The van der Waals surface area contributed by atoms with E-state index in [2.05, 4.69) is 135 Å². The highest BCUT2D eigenvalue weighted by atomic mass is 15.0. The van der Waals surface area contributed by atoms with Gasteiger partial charge < -0.3 is 9.13 Å². The number of hydrogen-bond acceptors (Lipinski definition) is 8. The van der Waals surface area contributed by atoms with Crippen molar-refractivity contribution in [3.63, 3.8) is 0 Å². The van der Waals surface area contributed by atoms with Crippen LogP contribution in [-0.2, 0) is 0 Å². The van der Waals surface area contributed by atoms with Gasteiger partial charge in [0.1, 0.15) is 23.3 Å². The van der Waals surface area contributed by atoms with E-state index in [4.69, 9.17) is 0 Å². The van der Waals surface area contributed by atoms with Gasteiger partial charge >= 0.3 is 0 Å². The molecule has 0 radical (unpaired) electrons. The van der Waals surface area contributed by atoms with E-state index >= 15 is 0 Å². The SMILES string of the molecule is Cc1nc(C)nc(-c2ccc3c(c2)c2ccccc2n3-c2ccncc2-c2ccc(C#N)cc2-n2c3ccccc3c3cc(-c4nc(C)nc(C)n4)ccc32)n1. The summed E-state index contributed by atoms with van der Waals surface area (Å²) in [5.74, 6) is 4.02. The van der Waals surface area contributed by atoms with Gasteiger partial charge in [-0.2, -0.15) is 5.26 Å². The van der Waals surface area contributed by atoms with Gasteiger partial charge in [0.05, 0.1) is 45.1 Å². The molecule has 0 aliphatic heterocycles. The van der Waals surface area contributed by atoms with Crippen LogP contribution in [0.4, 0.5) is 0 Å². The molecule has 0 bridgehead atoms. The average molecular weight is 725 g/mol. The first-order chi connectivity index (χ1) is 27.3. The average Bonchev–Trinajstić information content (AvgIpc) is 3.72. The standard InChI is InChI=1S/C46H32N10/c1-26-49-27(2)52-45(51-26)31-14-17-41-36(22-31)33-9-5-7-11-39(33)55(41)43-19-20-48-25-38(43)35-16-13-30(24-47)21-44(35)56-40-12-8-6-10-34(40)37-23-32(15-18-42(37)56)46-53-28(3)50-29(4)54-46/h5-23,25H,1-4H3. The number of nitriles is 1. The monoisotopic (exact) mass is 724 g/mol. The molecule has 5 aromatic carbocycles. The van der Waals surface area contributed by atoms with E-state index in [1.54, 1.807) is 0 Å². The molecular formula is C46H32N10. The van der Waals surface area contributed by atoms with Gasteiger partial charge in [-0.3, -0.25) is 4.98 Å². The molecule has 0 aliphatic carbocycles. The smallest absolute Gasteiger partial charge is 0.163 e. The third-order valence-electron chi connectivity index (χ3n) is 10.3. The largest absolute Gasteiger partial charge is 0.309 e. The third-order valence-corrected chi connectivity index (χ3v) is 10.3. The number of benzene rings is 5. The van der Waals surface area contributed by atoms with E-state index in [0.717, 1.165) is 77.2 Å². The Balaban J connectivity index is 1.22. The molecule has 0 amide bonds. The maximum atomic E-state index is 10.2. The van der Waals surface area contributed by atoms with E-state index in [1.165, 1.54) is 0 Å². The van der Waals surface area contributed by atoms with E-state index in [1.807, 2.05) is 64.4 Å². The summed E-state index contributed by atoms with van der Waals surface area (Å²) in [6.07, 6.45) is 3.75. The fourth-order valence-electron chi connectivity index (χ4n) is 8.04. The van der Waals surface area contributed by atoms with Gasteiger partial charge in [0.25, 0.3) is 0 Å². The van der Waals surface area contributed by atoms with E-state index in [0.29, 0.717) is 40.5 Å². The first-order valence-corrected chi connectivity index (χ1v) is 18.3. The van der Waals surface area contributed by atoms with Crippen molar-refractivity contribution in [1.82, 2.24) is 44.0 Å². The summed E-state index contributed by atoms with van der Waals surface area (Å²) in [6.45, 7) is 7.55. The molecule has 10 heteroatoms. The van der Waals surface area contributed by atoms with E-state index < -0.39 is 0 Å². The first-order valence-electron chi connectivity index (χ1n) is 18.3. The predicted octanol–water partition coefficient (Wildman–Crippen LogP) is 9.75. The molecule has 10 aromatic rings. The van der Waals surface area contributed by atoms with Crippen molar-refractivity contribution in [3.05, 3.63) is 150 Å². The van der Waals surface area contributed by atoms with Crippen molar-refractivity contribution in [3.8, 4) is 51.3 Å². The van der Waals surface area contributed by atoms with Gasteiger partial charge in [-0.05, 0) is 94.4 Å². The van der Waals surface area contributed by atoms with Crippen LogP contribution in [0.3, 0.4) is 0 Å². The van der Waals surface area contributed by atoms with Crippen LogP contribution in [0.5, 0.6) is 0 Å². The number of para-hydroxylation sites is 2. The summed E-state index contributed by atoms with van der Waals surface area (Å²) in [6, 6.07) is 39.9. The Kier molecular flexibility index (Phi) is 7.50. The number of nitrogens with zero attached hydrogens (tertiary/aromatic N) is 10. The van der Waals surface area contributed by atoms with Crippen molar-refractivity contribution < 1.29 is 0 Å². The number of aryl methyl sites for hydroxylation is 4. The number of hydrogen-bond donors (Lipinski definition) is 0. The number of fused-ring (bicyclic) bond motifs is 6. The summed E-state index contributed by atoms with van der Waals surface area (Å²) in [5, 5.41) is 14.5. The molecule has 10 nitrogen and oxygen atoms in total. The Labute approximate surface area is 321 Å². The molecule has 0 atom stereocenters. The van der Waals surface area contributed by atoms with Crippen LogP contribution in [0.2, 0.25) is 0 Å². The zero-order valence-electron chi connectivity index (χ0n) is 31.0. The lowest BCUT2D eigenvalue weighted by Crippen LogP contribution is -2.03. The Bertz CT molecular complexity index is 3240. The van der Waals surface area contributed by atoms with Gasteiger partial charge in [0.2, 0.25) is 0 Å². The van der Waals surface area contributed by atoms with Crippen molar-refractivity contribution in [1.29, 1.82) is 5.26 Å². The molecule has 266 valence electrons. The molecule has 0 unspecified atom stereocenters. The summed E-state index contributed by atoms with van der Waals surface area (Å²) in [4.78, 5) is 32.1. The zero-order chi connectivity index (χ0) is 38.1. The fraction of sp³-hybridized carbons (Fsp3) is 0.0870. The Hall–Kier alpha value is -7.64. The Morgan fingerprint density at radius 1 is 0.464 bits per heavy atom. The third kappa shape index (κ3) is 5.28.